The topological polar surface area (TPSA) is 151 Å². The first-order valence-electron chi connectivity index (χ1n) is 29.8. The van der Waals surface area contributed by atoms with Gasteiger partial charge in [-0.15, -0.1) is 12.3 Å². The summed E-state index contributed by atoms with van der Waals surface area (Å²) in [6.45, 7) is 39.3. The fraction of sp³-hybridized carbons (Fsp3) is 0.746. The van der Waals surface area contributed by atoms with Crippen molar-refractivity contribution in [3.05, 3.63) is 71.8 Å². The Hall–Kier alpha value is -2.07. The van der Waals surface area contributed by atoms with Gasteiger partial charge in [0.15, 0.2) is 25.0 Å². The fourth-order valence-corrected chi connectivity index (χ4v) is 14.9. The summed E-state index contributed by atoms with van der Waals surface area (Å²) in [5.41, 5.74) is 1.83. The van der Waals surface area contributed by atoms with E-state index in [4.69, 9.17) is 47.0 Å². The monoisotopic (exact) mass is 1220 g/mol. The number of unbranched alkanes of at least 4 members (excludes halogenated alkanes) is 5. The van der Waals surface area contributed by atoms with Gasteiger partial charge in [-0.3, -0.25) is 8.37 Å². The van der Waals surface area contributed by atoms with E-state index in [1.165, 1.54) is 7.11 Å². The highest BCUT2D eigenvalue weighted by Crippen LogP contribution is 2.43. The fourth-order valence-electron chi connectivity index (χ4n) is 8.52. The first kappa shape index (κ1) is 75.0. The summed E-state index contributed by atoms with van der Waals surface area (Å²) in [6, 6.07) is 13.3. The first-order valence-corrected chi connectivity index (χ1v) is 41.4. The van der Waals surface area contributed by atoms with Gasteiger partial charge in [-0.1, -0.05) is 149 Å². The van der Waals surface area contributed by atoms with Gasteiger partial charge >= 0.3 is 0 Å². The predicted molar refractivity (Wildman–Crippen MR) is 339 cm³/mol. The lowest BCUT2D eigenvalue weighted by atomic mass is 9.96. The van der Waals surface area contributed by atoms with Crippen molar-refractivity contribution in [1.29, 1.82) is 0 Å². The Balaban J connectivity index is 2.85. The molecule has 0 heterocycles. The van der Waals surface area contributed by atoms with Crippen LogP contribution in [0.1, 0.15) is 177 Å². The molecule has 2 aromatic rings. The summed E-state index contributed by atoms with van der Waals surface area (Å²) in [4.78, 5) is 0.0807. The molecular formula is C63H112O13S2Si3. The molecule has 0 radical (unpaired) electrons. The Bertz CT molecular complexity index is 2380. The maximum absolute atomic E-state index is 14.5. The van der Waals surface area contributed by atoms with Crippen molar-refractivity contribution in [3.63, 3.8) is 0 Å². The Kier molecular flexibility index (Phi) is 31.8. The van der Waals surface area contributed by atoms with Gasteiger partial charge in [-0.2, -0.15) is 16.8 Å². The van der Waals surface area contributed by atoms with Crippen molar-refractivity contribution in [2.24, 2.45) is 0 Å². The first-order chi connectivity index (χ1) is 37.5. The van der Waals surface area contributed by atoms with Crippen LogP contribution in [0, 0.1) is 26.2 Å². The molecule has 466 valence electrons. The summed E-state index contributed by atoms with van der Waals surface area (Å²) >= 11 is 0. The highest BCUT2D eigenvalue weighted by Gasteiger charge is 2.46. The van der Waals surface area contributed by atoms with Crippen molar-refractivity contribution in [2.45, 2.75) is 286 Å². The predicted octanol–water partition coefficient (Wildman–Crippen LogP) is 16.4. The number of aryl methyl sites for hydroxylation is 2. The van der Waals surface area contributed by atoms with Crippen molar-refractivity contribution >= 4 is 45.2 Å². The van der Waals surface area contributed by atoms with Crippen LogP contribution in [-0.4, -0.2) is 112 Å². The number of hydrogen-bond donors (Lipinski definition) is 0. The van der Waals surface area contributed by atoms with E-state index in [9.17, 15) is 16.8 Å². The number of hydrogen-bond acceptors (Lipinski definition) is 13. The molecule has 0 unspecified atom stereocenters. The van der Waals surface area contributed by atoms with Crippen molar-refractivity contribution in [3.8, 4) is 12.3 Å². The molecule has 0 aromatic heterocycles. The molecule has 13 nitrogen and oxygen atoms in total. The number of terminal acetylenes is 1. The average Bonchev–Trinajstić information content (AvgIpc) is 3.35. The van der Waals surface area contributed by atoms with Gasteiger partial charge in [0.25, 0.3) is 20.2 Å². The lowest BCUT2D eigenvalue weighted by Gasteiger charge is -2.46. The maximum atomic E-state index is 14.5. The summed E-state index contributed by atoms with van der Waals surface area (Å²) in [5.74, 6) is 2.68. The molecule has 81 heavy (non-hydrogen) atoms. The van der Waals surface area contributed by atoms with Crippen LogP contribution in [0.5, 0.6) is 0 Å². The summed E-state index contributed by atoms with van der Waals surface area (Å²) in [5, 5.41) is -0.362. The van der Waals surface area contributed by atoms with Gasteiger partial charge in [-0.25, -0.2) is 0 Å². The van der Waals surface area contributed by atoms with Gasteiger partial charge < -0.3 is 32.2 Å². The Morgan fingerprint density at radius 3 is 1.37 bits per heavy atom. The van der Waals surface area contributed by atoms with Crippen LogP contribution in [0.3, 0.4) is 0 Å². The van der Waals surface area contributed by atoms with Gasteiger partial charge in [0, 0.05) is 26.7 Å². The van der Waals surface area contributed by atoms with Crippen molar-refractivity contribution in [1.82, 2.24) is 0 Å². The molecule has 2 rings (SSSR count). The molecule has 0 N–H and O–H groups in total. The molecule has 7 atom stereocenters. The molecule has 0 aliphatic rings. The standard InChI is InChI=1S/C63H112O13S2Si3/c1-22-24-26-27-30-34-55(70-48-68-14)57(72-77(64,65)53-40-36-50(3)37-41-53)44-46-59(75-80(18,19)62(8,9)10)60(76-81(20,21)63(11,12)13)47-45-58(73-78(66,67)54-42-38-51(4)39-43-54)56(71-49-69-15)35-31-28-29-33-52(32-25-23-2)74-79(16,17)61(5,6)7/h1,30,34,36-43,52,55-60H,23-29,31-33,35,44-49H2,2-21H3/b34-30+/t52-,55+,56-,57-,58-,59+,60+/m0/s1. The Labute approximate surface area is 498 Å². The zero-order valence-corrected chi connectivity index (χ0v) is 58.7. The molecule has 0 fully saturated rings. The summed E-state index contributed by atoms with van der Waals surface area (Å²) in [6.07, 6.45) is 15.2. The van der Waals surface area contributed by atoms with E-state index in [-0.39, 0.29) is 57.4 Å². The molecule has 0 bridgehead atoms. The zero-order valence-electron chi connectivity index (χ0n) is 54.0. The molecule has 0 aliphatic heterocycles. The third-order valence-electron chi connectivity index (χ3n) is 16.7. The van der Waals surface area contributed by atoms with Crippen LogP contribution in [0.15, 0.2) is 70.5 Å². The number of rotatable bonds is 40. The SMILES string of the molecule is C#CCCC/C=C/[C@@H](OCOC)[C@H](CC[C@@H](O[Si](C)(C)C(C)(C)C)[C@@H](CC[C@H](OS(=O)(=O)c1ccc(C)cc1)[C@H](CCCCC[C@H](CCCC)O[Si](C)(C)C(C)(C)C)OCOC)O[Si](C)(C)C(C)(C)C)OS(=O)(=O)c1ccc(C)cc1. The minimum Gasteiger partial charge on any atom is -0.414 e. The van der Waals surface area contributed by atoms with Gasteiger partial charge in [0.05, 0.1) is 28.1 Å². The highest BCUT2D eigenvalue weighted by molar-refractivity contribution is 7.87. The van der Waals surface area contributed by atoms with E-state index in [2.05, 4.69) is 114 Å². The minimum absolute atomic E-state index is 0.0264. The summed E-state index contributed by atoms with van der Waals surface area (Å²) < 4.78 is 116. The van der Waals surface area contributed by atoms with E-state index in [0.29, 0.717) is 32.1 Å². The Morgan fingerprint density at radius 2 is 0.926 bits per heavy atom. The second-order valence-electron chi connectivity index (χ2n) is 26.7. The third-order valence-corrected chi connectivity index (χ3v) is 33.0. The highest BCUT2D eigenvalue weighted by atomic mass is 32.2. The Morgan fingerprint density at radius 1 is 0.519 bits per heavy atom. The molecule has 0 aliphatic carbocycles. The van der Waals surface area contributed by atoms with E-state index in [0.717, 1.165) is 62.5 Å². The molecule has 0 saturated heterocycles. The normalized spacial score (nSPS) is 16.2. The van der Waals surface area contributed by atoms with Crippen LogP contribution in [-0.2, 0) is 60.8 Å². The maximum Gasteiger partial charge on any atom is 0.297 e. The smallest absolute Gasteiger partial charge is 0.297 e. The summed E-state index contributed by atoms with van der Waals surface area (Å²) in [7, 11) is -12.8. The van der Waals surface area contributed by atoms with E-state index in [1.54, 1.807) is 55.6 Å². The molecule has 18 heteroatoms. The van der Waals surface area contributed by atoms with Crippen LogP contribution in [0.4, 0.5) is 0 Å². The largest absolute Gasteiger partial charge is 0.414 e. The minimum atomic E-state index is -4.31. The van der Waals surface area contributed by atoms with Crippen LogP contribution in [0.25, 0.3) is 0 Å². The van der Waals surface area contributed by atoms with E-state index >= 15 is 0 Å². The lowest BCUT2D eigenvalue weighted by molar-refractivity contribution is -0.112. The second kappa shape index (κ2) is 34.3. The molecule has 0 amide bonds. The lowest BCUT2D eigenvalue weighted by Crippen LogP contribution is -2.52. The van der Waals surface area contributed by atoms with E-state index in [1.807, 2.05) is 26.0 Å². The van der Waals surface area contributed by atoms with Crippen molar-refractivity contribution < 1.29 is 57.4 Å². The van der Waals surface area contributed by atoms with Crippen LogP contribution >= 0.6 is 0 Å². The average molecular weight is 1230 g/mol. The van der Waals surface area contributed by atoms with E-state index < -0.39 is 81.8 Å². The van der Waals surface area contributed by atoms with Crippen molar-refractivity contribution in [2.75, 3.05) is 27.8 Å². The van der Waals surface area contributed by atoms with Crippen LogP contribution in [0.2, 0.25) is 54.4 Å². The molecule has 2 aromatic carbocycles. The van der Waals surface area contributed by atoms with Gasteiger partial charge in [-0.05, 0) is 150 Å². The molecule has 0 saturated carbocycles. The molecular weight excluding hydrogens is 1110 g/mol. The molecule has 0 spiro atoms. The number of allylic oxidation sites excluding steroid dienone is 1. The number of methoxy groups -OCH3 is 2. The number of benzene rings is 2. The van der Waals surface area contributed by atoms with Gasteiger partial charge in [0.1, 0.15) is 31.9 Å². The quantitative estimate of drug-likeness (QED) is 0.0156. The van der Waals surface area contributed by atoms with Gasteiger partial charge in [0.2, 0.25) is 0 Å². The van der Waals surface area contributed by atoms with Crippen LogP contribution < -0.4 is 0 Å². The second-order valence-corrected chi connectivity index (χ2v) is 44.2. The zero-order chi connectivity index (χ0) is 61.5. The number of ether oxygens (including phenoxy) is 4. The third kappa shape index (κ3) is 26.2.